The molecule has 3 atom stereocenters. The van der Waals surface area contributed by atoms with Gasteiger partial charge >= 0.3 is 0 Å². The fourth-order valence-electron chi connectivity index (χ4n) is 8.77. The first-order chi connectivity index (χ1) is 23.9. The molecule has 1 saturated carbocycles. The van der Waals surface area contributed by atoms with Gasteiger partial charge in [0.25, 0.3) is 0 Å². The Kier molecular flexibility index (Phi) is 12.3. The lowest BCUT2D eigenvalue weighted by atomic mass is 9.58. The molecule has 50 heavy (non-hydrogen) atoms. The van der Waals surface area contributed by atoms with Gasteiger partial charge in [-0.15, -0.1) is 0 Å². The quantitative estimate of drug-likeness (QED) is 0.170. The molecule has 2 aliphatic heterocycles. The van der Waals surface area contributed by atoms with E-state index in [9.17, 15) is 13.2 Å². The van der Waals surface area contributed by atoms with Gasteiger partial charge in [-0.25, -0.2) is 17.8 Å². The molecule has 1 amide bonds. The zero-order chi connectivity index (χ0) is 36.1. The number of allylic oxidation sites excluding steroid dienone is 4. The van der Waals surface area contributed by atoms with Gasteiger partial charge in [0.05, 0.1) is 10.2 Å². The number of nitrogens with zero attached hydrogens (tertiary/aromatic N) is 4. The molecule has 2 saturated heterocycles. The molecular weight excluding hydrogens is 650 g/mol. The van der Waals surface area contributed by atoms with Gasteiger partial charge in [-0.05, 0) is 107 Å². The summed E-state index contributed by atoms with van der Waals surface area (Å²) < 4.78 is 42.6. The van der Waals surface area contributed by atoms with Crippen molar-refractivity contribution in [2.24, 2.45) is 17.8 Å². The summed E-state index contributed by atoms with van der Waals surface area (Å²) in [6.45, 7) is 20.5. The zero-order valence-electron chi connectivity index (χ0n) is 30.4. The lowest BCUT2D eigenvalue weighted by Crippen LogP contribution is -2.56. The standard InChI is InChI=1S/C40H56FN5O3S/c1-7-35(50(48,49)29(4)5)17-16-30(6)46-26-31(27-46)25-44-21-18-32(19-22-44)40(33-12-10-13-34(41)24-33,28-45-23-20-42-38(45)8-2)36-14-11-15-37(36)43-39(47)9-3/h7,9-10,12-13,16-17,20,23-24,29,31-32,36-37H,1,3,8,11,14-15,18-19,21-22,25-28H2,2,4-6H3,(H,43,47)/b30-16+,35-17+/t36-,37-,40-/m0/s1. The Morgan fingerprint density at radius 2 is 1.86 bits per heavy atom. The number of benzene rings is 1. The topological polar surface area (TPSA) is 87.5 Å². The molecule has 3 heterocycles. The number of aryl methyl sites for hydroxylation is 1. The van der Waals surface area contributed by atoms with Gasteiger partial charge in [-0.2, -0.15) is 0 Å². The molecule has 1 aliphatic carbocycles. The highest BCUT2D eigenvalue weighted by Crippen LogP contribution is 2.52. The highest BCUT2D eigenvalue weighted by Gasteiger charge is 2.52. The smallest absolute Gasteiger partial charge is 0.243 e. The molecule has 1 aromatic heterocycles. The number of hydrogen-bond donors (Lipinski definition) is 1. The highest BCUT2D eigenvalue weighted by atomic mass is 32.2. The van der Waals surface area contributed by atoms with Crippen molar-refractivity contribution in [3.8, 4) is 0 Å². The van der Waals surface area contributed by atoms with E-state index >= 15 is 4.39 Å². The second kappa shape index (κ2) is 16.2. The first-order valence-electron chi connectivity index (χ1n) is 18.3. The fourth-order valence-corrected chi connectivity index (χ4v) is 9.80. The molecule has 0 radical (unpaired) electrons. The maximum absolute atomic E-state index is 15.1. The van der Waals surface area contributed by atoms with Gasteiger partial charge in [0.1, 0.15) is 11.6 Å². The van der Waals surface area contributed by atoms with E-state index in [4.69, 9.17) is 0 Å². The number of rotatable bonds is 15. The SMILES string of the molecule is C=CC(=O)N[C@H]1CCC[C@@H]1[C@](Cn1ccnc1CC)(c1cccc(F)c1)C1CCN(CC2CN(/C(C)=C/C=C(\C=C)S(=O)(=O)C(C)C)C2)CC1. The maximum Gasteiger partial charge on any atom is 0.243 e. The van der Waals surface area contributed by atoms with Crippen LogP contribution in [0.5, 0.6) is 0 Å². The summed E-state index contributed by atoms with van der Waals surface area (Å²) in [6.07, 6.45) is 15.9. The molecule has 10 heteroatoms. The first kappa shape index (κ1) is 37.7. The molecule has 0 unspecified atom stereocenters. The number of halogens is 1. The monoisotopic (exact) mass is 705 g/mol. The molecule has 0 spiro atoms. The van der Waals surface area contributed by atoms with E-state index in [2.05, 4.69) is 57.0 Å². The average molecular weight is 706 g/mol. The van der Waals surface area contributed by atoms with E-state index in [-0.39, 0.29) is 34.5 Å². The molecule has 272 valence electrons. The van der Waals surface area contributed by atoms with Crippen LogP contribution in [0.3, 0.4) is 0 Å². The van der Waals surface area contributed by atoms with E-state index in [0.29, 0.717) is 12.5 Å². The molecule has 1 aromatic carbocycles. The number of carbonyl (C=O) groups excluding carboxylic acids is 1. The van der Waals surface area contributed by atoms with E-state index < -0.39 is 20.5 Å². The normalized spacial score (nSPS) is 22.7. The Morgan fingerprint density at radius 1 is 1.12 bits per heavy atom. The Hall–Kier alpha value is -3.50. The molecule has 0 bridgehead atoms. The van der Waals surface area contributed by atoms with E-state index in [0.717, 1.165) is 88.3 Å². The van der Waals surface area contributed by atoms with Crippen molar-refractivity contribution in [3.05, 3.63) is 102 Å². The van der Waals surface area contributed by atoms with E-state index in [1.807, 2.05) is 25.3 Å². The Bertz CT molecular complexity index is 1680. The number of aromatic nitrogens is 2. The number of piperidine rings is 1. The largest absolute Gasteiger partial charge is 0.374 e. The van der Waals surface area contributed by atoms with Crippen molar-refractivity contribution in [1.82, 2.24) is 24.7 Å². The number of carbonyl (C=O) groups is 1. The third kappa shape index (κ3) is 8.01. The number of amides is 1. The molecule has 5 rings (SSSR count). The van der Waals surface area contributed by atoms with Crippen LogP contribution in [0, 0.1) is 23.6 Å². The summed E-state index contributed by atoms with van der Waals surface area (Å²) in [7, 11) is -3.37. The van der Waals surface area contributed by atoms with Crippen molar-refractivity contribution < 1.29 is 17.6 Å². The first-order valence-corrected chi connectivity index (χ1v) is 19.9. The van der Waals surface area contributed by atoms with Crippen LogP contribution >= 0.6 is 0 Å². The van der Waals surface area contributed by atoms with Gasteiger partial charge < -0.3 is 19.7 Å². The van der Waals surface area contributed by atoms with Crippen molar-refractivity contribution in [1.29, 1.82) is 0 Å². The van der Waals surface area contributed by atoms with Crippen LogP contribution in [0.25, 0.3) is 0 Å². The van der Waals surface area contributed by atoms with Crippen LogP contribution in [-0.2, 0) is 33.0 Å². The van der Waals surface area contributed by atoms with Crippen LogP contribution in [0.4, 0.5) is 4.39 Å². The lowest BCUT2D eigenvalue weighted by Gasteiger charge is -2.51. The maximum atomic E-state index is 15.1. The van der Waals surface area contributed by atoms with Crippen LogP contribution in [0.15, 0.2) is 84.7 Å². The Balaban J connectivity index is 1.33. The van der Waals surface area contributed by atoms with Gasteiger partial charge in [0.2, 0.25) is 5.91 Å². The van der Waals surface area contributed by atoms with Gasteiger partial charge in [-0.3, -0.25) is 4.79 Å². The number of nitrogens with one attached hydrogen (secondary N) is 1. The predicted molar refractivity (Wildman–Crippen MR) is 199 cm³/mol. The molecular formula is C40H56FN5O3S. The second-order valence-electron chi connectivity index (χ2n) is 14.8. The summed E-state index contributed by atoms with van der Waals surface area (Å²) >= 11 is 0. The van der Waals surface area contributed by atoms with Crippen molar-refractivity contribution in [2.75, 3.05) is 32.7 Å². The summed E-state index contributed by atoms with van der Waals surface area (Å²) in [4.78, 5) is 22.5. The predicted octanol–water partition coefficient (Wildman–Crippen LogP) is 6.43. The number of hydrogen-bond acceptors (Lipinski definition) is 6. The molecule has 3 fully saturated rings. The zero-order valence-corrected chi connectivity index (χ0v) is 31.2. The summed E-state index contributed by atoms with van der Waals surface area (Å²) in [6, 6.07) is 7.19. The number of imidazole rings is 1. The highest BCUT2D eigenvalue weighted by molar-refractivity contribution is 7.96. The molecule has 1 N–H and O–H groups in total. The average Bonchev–Trinajstić information content (AvgIpc) is 3.74. The lowest BCUT2D eigenvalue weighted by molar-refractivity contribution is -0.117. The second-order valence-corrected chi connectivity index (χ2v) is 17.3. The van der Waals surface area contributed by atoms with Crippen molar-refractivity contribution in [2.45, 2.75) is 89.5 Å². The minimum atomic E-state index is -3.37. The minimum Gasteiger partial charge on any atom is -0.374 e. The van der Waals surface area contributed by atoms with Crippen LogP contribution in [0.2, 0.25) is 0 Å². The summed E-state index contributed by atoms with van der Waals surface area (Å²) in [5.41, 5.74) is 1.67. The molecule has 8 nitrogen and oxygen atoms in total. The summed E-state index contributed by atoms with van der Waals surface area (Å²) in [5, 5.41) is 2.78. The van der Waals surface area contributed by atoms with Gasteiger partial charge in [0, 0.05) is 68.1 Å². The molecule has 3 aliphatic rings. The van der Waals surface area contributed by atoms with Crippen LogP contribution < -0.4 is 5.32 Å². The molecule has 2 aromatic rings. The third-order valence-electron chi connectivity index (χ3n) is 11.5. The fraction of sp³-hybridized carbons (Fsp3) is 0.550. The summed E-state index contributed by atoms with van der Waals surface area (Å²) in [5.74, 6) is 1.60. The van der Waals surface area contributed by atoms with Crippen LogP contribution in [-0.4, -0.2) is 77.7 Å². The van der Waals surface area contributed by atoms with Crippen molar-refractivity contribution >= 4 is 15.7 Å². The van der Waals surface area contributed by atoms with Gasteiger partial charge in [0.15, 0.2) is 9.84 Å². The van der Waals surface area contributed by atoms with E-state index in [1.54, 1.807) is 26.0 Å². The van der Waals surface area contributed by atoms with Gasteiger partial charge in [-0.1, -0.05) is 44.7 Å². The Morgan fingerprint density at radius 3 is 2.50 bits per heavy atom. The van der Waals surface area contributed by atoms with Crippen molar-refractivity contribution in [3.63, 3.8) is 0 Å². The number of sulfone groups is 1. The third-order valence-corrected chi connectivity index (χ3v) is 13.7. The van der Waals surface area contributed by atoms with Crippen LogP contribution in [0.1, 0.15) is 71.2 Å². The minimum absolute atomic E-state index is 0.0180. The number of likely N-dealkylation sites (tertiary alicyclic amines) is 2. The Labute approximate surface area is 299 Å². The van der Waals surface area contributed by atoms with E-state index in [1.165, 1.54) is 18.2 Å².